The van der Waals surface area contributed by atoms with Gasteiger partial charge < -0.3 is 9.47 Å². The highest BCUT2D eigenvalue weighted by molar-refractivity contribution is 5.93. The van der Waals surface area contributed by atoms with Crippen molar-refractivity contribution in [3.63, 3.8) is 0 Å². The van der Waals surface area contributed by atoms with Crippen LogP contribution in [-0.4, -0.2) is 37.7 Å². The molecule has 4 nitrogen and oxygen atoms in total. The molecule has 0 bridgehead atoms. The van der Waals surface area contributed by atoms with E-state index in [9.17, 15) is 13.6 Å². The van der Waals surface area contributed by atoms with Crippen molar-refractivity contribution in [3.05, 3.63) is 28.8 Å². The van der Waals surface area contributed by atoms with Crippen LogP contribution < -0.4 is 4.74 Å². The number of hydrogen-bond acceptors (Lipinski definition) is 4. The Bertz CT molecular complexity index is 618. The summed E-state index contributed by atoms with van der Waals surface area (Å²) in [6, 6.07) is 3.08. The van der Waals surface area contributed by atoms with E-state index < -0.39 is 18.5 Å². The molecule has 0 aromatic heterocycles. The maximum atomic E-state index is 14.0. The molecule has 1 aromatic carbocycles. The third-order valence-corrected chi connectivity index (χ3v) is 4.49. The van der Waals surface area contributed by atoms with E-state index in [2.05, 4.69) is 11.8 Å². The van der Waals surface area contributed by atoms with Crippen LogP contribution in [0.2, 0.25) is 0 Å². The molecule has 23 heavy (non-hydrogen) atoms. The number of ether oxygens (including phenoxy) is 2. The first kappa shape index (κ1) is 16.2. The number of esters is 1. The molecule has 1 fully saturated rings. The van der Waals surface area contributed by atoms with Crippen molar-refractivity contribution in [1.29, 1.82) is 0 Å². The highest BCUT2D eigenvalue weighted by Gasteiger charge is 2.44. The van der Waals surface area contributed by atoms with Gasteiger partial charge in [0, 0.05) is 13.1 Å². The van der Waals surface area contributed by atoms with Crippen LogP contribution in [0.5, 0.6) is 5.75 Å². The van der Waals surface area contributed by atoms with Gasteiger partial charge in [-0.3, -0.25) is 4.90 Å². The van der Waals surface area contributed by atoms with Crippen LogP contribution in [0.4, 0.5) is 8.78 Å². The summed E-state index contributed by atoms with van der Waals surface area (Å²) in [4.78, 5) is 14.2. The zero-order valence-corrected chi connectivity index (χ0v) is 13.4. The van der Waals surface area contributed by atoms with E-state index in [0.717, 1.165) is 19.5 Å². The smallest absolute Gasteiger partial charge is 0.341 e. The van der Waals surface area contributed by atoms with Gasteiger partial charge in [0.05, 0.1) is 12.7 Å². The van der Waals surface area contributed by atoms with Crippen LogP contribution in [0.3, 0.4) is 0 Å². The topological polar surface area (TPSA) is 38.8 Å². The van der Waals surface area contributed by atoms with E-state index in [-0.39, 0.29) is 16.9 Å². The van der Waals surface area contributed by atoms with E-state index in [0.29, 0.717) is 18.0 Å². The molecule has 6 heteroatoms. The molecule has 0 N–H and O–H groups in total. The average molecular weight is 325 g/mol. The fourth-order valence-electron chi connectivity index (χ4n) is 3.40. The lowest BCUT2D eigenvalue weighted by molar-refractivity contribution is -0.0215. The zero-order chi connectivity index (χ0) is 16.6. The quantitative estimate of drug-likeness (QED) is 0.800. The van der Waals surface area contributed by atoms with Crippen molar-refractivity contribution in [1.82, 2.24) is 4.90 Å². The van der Waals surface area contributed by atoms with Gasteiger partial charge in [0.1, 0.15) is 11.3 Å². The van der Waals surface area contributed by atoms with Crippen LogP contribution >= 0.6 is 0 Å². The first-order valence-corrected chi connectivity index (χ1v) is 7.89. The van der Waals surface area contributed by atoms with Gasteiger partial charge in [-0.2, -0.15) is 8.78 Å². The molecule has 1 atom stereocenters. The SMILES string of the molecule is COC(=O)c1cc(CN2CCC[C@H](C)C2)cc2c1OCC2(F)F. The summed E-state index contributed by atoms with van der Waals surface area (Å²) in [5.41, 5.74) is 0.575. The second-order valence-electron chi connectivity index (χ2n) is 6.49. The van der Waals surface area contributed by atoms with Gasteiger partial charge >= 0.3 is 11.9 Å². The monoisotopic (exact) mass is 325 g/mol. The lowest BCUT2D eigenvalue weighted by atomic mass is 9.98. The molecule has 1 saturated heterocycles. The predicted molar refractivity (Wildman–Crippen MR) is 80.8 cm³/mol. The normalized spacial score (nSPS) is 23.2. The Hall–Kier alpha value is -1.69. The summed E-state index contributed by atoms with van der Waals surface area (Å²) in [6.45, 7) is 3.91. The number of piperidine rings is 1. The molecule has 3 rings (SSSR count). The van der Waals surface area contributed by atoms with Crippen molar-refractivity contribution < 1.29 is 23.0 Å². The van der Waals surface area contributed by atoms with E-state index >= 15 is 0 Å². The van der Waals surface area contributed by atoms with Gasteiger partial charge in [-0.1, -0.05) is 6.92 Å². The minimum absolute atomic E-state index is 0.0439. The number of methoxy groups -OCH3 is 1. The number of rotatable bonds is 3. The molecule has 2 aliphatic rings. The Morgan fingerprint density at radius 3 is 2.96 bits per heavy atom. The zero-order valence-electron chi connectivity index (χ0n) is 13.4. The van der Waals surface area contributed by atoms with Gasteiger partial charge in [-0.15, -0.1) is 0 Å². The predicted octanol–water partition coefficient (Wildman–Crippen LogP) is 3.19. The largest absolute Gasteiger partial charge is 0.485 e. The van der Waals surface area contributed by atoms with Gasteiger partial charge in [0.25, 0.3) is 0 Å². The molecule has 0 aliphatic carbocycles. The van der Waals surface area contributed by atoms with Crippen LogP contribution in [-0.2, 0) is 17.2 Å². The molecule has 0 amide bonds. The second kappa shape index (κ2) is 6.07. The summed E-state index contributed by atoms with van der Waals surface area (Å²) >= 11 is 0. The van der Waals surface area contributed by atoms with Crippen molar-refractivity contribution in [2.45, 2.75) is 32.2 Å². The van der Waals surface area contributed by atoms with E-state index in [4.69, 9.17) is 9.47 Å². The molecule has 0 unspecified atom stereocenters. The van der Waals surface area contributed by atoms with E-state index in [1.165, 1.54) is 19.6 Å². The molecule has 2 heterocycles. The minimum atomic E-state index is -3.07. The summed E-state index contributed by atoms with van der Waals surface area (Å²) in [6.07, 6.45) is 2.30. The molecule has 1 aromatic rings. The first-order chi connectivity index (χ1) is 10.9. The van der Waals surface area contributed by atoms with E-state index in [1.807, 2.05) is 0 Å². The number of likely N-dealkylation sites (tertiary alicyclic amines) is 1. The summed E-state index contributed by atoms with van der Waals surface area (Å²) in [5, 5.41) is 0. The lowest BCUT2D eigenvalue weighted by Gasteiger charge is -2.31. The Morgan fingerprint density at radius 1 is 1.48 bits per heavy atom. The second-order valence-corrected chi connectivity index (χ2v) is 6.49. The Labute approximate surface area is 134 Å². The highest BCUT2D eigenvalue weighted by atomic mass is 19.3. The van der Waals surface area contributed by atoms with Gasteiger partial charge in [0.2, 0.25) is 0 Å². The third kappa shape index (κ3) is 3.17. The fourth-order valence-corrected chi connectivity index (χ4v) is 3.40. The number of halogens is 2. The average Bonchev–Trinajstić information content (AvgIpc) is 2.81. The van der Waals surface area contributed by atoms with Crippen molar-refractivity contribution in [2.75, 3.05) is 26.8 Å². The maximum absolute atomic E-state index is 14.0. The minimum Gasteiger partial charge on any atom is -0.485 e. The number of carbonyl (C=O) groups excluding carboxylic acids is 1. The third-order valence-electron chi connectivity index (χ3n) is 4.49. The summed E-state index contributed by atoms with van der Waals surface area (Å²) < 4.78 is 37.8. The van der Waals surface area contributed by atoms with Crippen molar-refractivity contribution >= 4 is 5.97 Å². The van der Waals surface area contributed by atoms with Crippen LogP contribution in [0, 0.1) is 5.92 Å². The lowest BCUT2D eigenvalue weighted by Crippen LogP contribution is -2.33. The molecule has 0 spiro atoms. The van der Waals surface area contributed by atoms with Crippen LogP contribution in [0.1, 0.15) is 41.3 Å². The molecule has 0 radical (unpaired) electrons. The fraction of sp³-hybridized carbons (Fsp3) is 0.588. The van der Waals surface area contributed by atoms with E-state index in [1.54, 1.807) is 6.07 Å². The summed E-state index contributed by atoms with van der Waals surface area (Å²) in [7, 11) is 1.24. The maximum Gasteiger partial charge on any atom is 0.341 e. The Morgan fingerprint density at radius 2 is 2.26 bits per heavy atom. The van der Waals surface area contributed by atoms with Gasteiger partial charge in [0.15, 0.2) is 6.61 Å². The van der Waals surface area contributed by atoms with Crippen molar-refractivity contribution in [3.8, 4) is 5.75 Å². The molecule has 126 valence electrons. The van der Waals surface area contributed by atoms with Crippen LogP contribution in [0.15, 0.2) is 12.1 Å². The number of carbonyl (C=O) groups is 1. The highest BCUT2D eigenvalue weighted by Crippen LogP contribution is 2.44. The number of hydrogen-bond donors (Lipinski definition) is 0. The Kier molecular flexibility index (Phi) is 4.27. The molecule has 2 aliphatic heterocycles. The standard InChI is InChI=1S/C17H21F2NO3/c1-11-4-3-5-20(8-11)9-12-6-13(16(21)22-2)15-14(7-12)17(18,19)10-23-15/h6-7,11H,3-5,8-10H2,1-2H3/t11-/m0/s1. The molecular weight excluding hydrogens is 304 g/mol. The van der Waals surface area contributed by atoms with Gasteiger partial charge in [-0.25, -0.2) is 4.79 Å². The Balaban J connectivity index is 1.93. The number of nitrogens with zero attached hydrogens (tertiary/aromatic N) is 1. The number of alkyl halides is 2. The number of fused-ring (bicyclic) bond motifs is 1. The number of benzene rings is 1. The van der Waals surface area contributed by atoms with Crippen molar-refractivity contribution in [2.24, 2.45) is 5.92 Å². The van der Waals surface area contributed by atoms with Gasteiger partial charge in [-0.05, 0) is 43.0 Å². The molecular formula is C17H21F2NO3. The van der Waals surface area contributed by atoms with Crippen LogP contribution in [0.25, 0.3) is 0 Å². The summed E-state index contributed by atoms with van der Waals surface area (Å²) in [5.74, 6) is -3.16. The molecule has 0 saturated carbocycles. The first-order valence-electron chi connectivity index (χ1n) is 7.89.